The summed E-state index contributed by atoms with van der Waals surface area (Å²) >= 11 is 0. The summed E-state index contributed by atoms with van der Waals surface area (Å²) in [6.45, 7) is 2.19. The molecule has 1 aromatic carbocycles. The molecule has 1 aliphatic carbocycles. The average molecular weight is 602 g/mol. The number of aromatic nitrogens is 1. The number of phenolic OH excluding ortho intramolecular Hbond substituents is 1. The van der Waals surface area contributed by atoms with E-state index in [1.54, 1.807) is 24.3 Å². The van der Waals surface area contributed by atoms with E-state index in [1.807, 2.05) is 12.1 Å². The third-order valence-electron chi connectivity index (χ3n) is 9.48. The molecule has 1 heterocycles. The number of aromatic amines is 1. The standard InChI is InChI=1S/C35H55NO7/c1-2-3-4-5-8-14-26(37)15-9-6-7-10-17-28(34(41)42)32(39)21-23-35(43)22-12-18-29(35)33(40)31-20-19-30(36-31)25-13-11-16-27(38)24-25/h11,13,16,19-20,24,26,28-29,32-33,36-40,43H,2-10,12,14-15,17-18,21-23H2,1H3,(H,41,42)/t26-,28-,29-,32+,33-,35-/m0/s1. The molecule has 1 aliphatic rings. The number of phenols is 1. The highest BCUT2D eigenvalue weighted by molar-refractivity contribution is 5.70. The van der Waals surface area contributed by atoms with Crippen molar-refractivity contribution in [3.8, 4) is 17.0 Å². The Hall–Kier alpha value is -2.39. The van der Waals surface area contributed by atoms with Crippen LogP contribution in [0.25, 0.3) is 11.3 Å². The van der Waals surface area contributed by atoms with Crippen LogP contribution in [0.3, 0.4) is 0 Å². The number of aliphatic carboxylic acids is 1. The molecular formula is C35H55NO7. The summed E-state index contributed by atoms with van der Waals surface area (Å²) in [6, 6.07) is 10.4. The molecular weight excluding hydrogens is 546 g/mol. The highest BCUT2D eigenvalue weighted by Gasteiger charge is 2.46. The minimum Gasteiger partial charge on any atom is -0.508 e. The normalized spacial score (nSPS) is 21.5. The zero-order valence-corrected chi connectivity index (χ0v) is 26.0. The molecule has 1 aromatic heterocycles. The summed E-state index contributed by atoms with van der Waals surface area (Å²) in [5.41, 5.74) is 0.914. The maximum Gasteiger partial charge on any atom is 0.309 e. The number of carbonyl (C=O) groups is 1. The average Bonchev–Trinajstić information content (AvgIpc) is 3.63. The number of hydrogen-bond acceptors (Lipinski definition) is 6. The van der Waals surface area contributed by atoms with Gasteiger partial charge in [-0.25, -0.2) is 0 Å². The lowest BCUT2D eigenvalue weighted by Gasteiger charge is -2.34. The van der Waals surface area contributed by atoms with Crippen LogP contribution in [0.1, 0.15) is 128 Å². The third kappa shape index (κ3) is 10.9. The zero-order chi connectivity index (χ0) is 31.2. The summed E-state index contributed by atoms with van der Waals surface area (Å²) in [5.74, 6) is -2.20. The topological polar surface area (TPSA) is 154 Å². The molecule has 1 fully saturated rings. The van der Waals surface area contributed by atoms with E-state index in [4.69, 9.17) is 0 Å². The van der Waals surface area contributed by atoms with Gasteiger partial charge < -0.3 is 35.6 Å². The van der Waals surface area contributed by atoms with Crippen molar-refractivity contribution in [3.63, 3.8) is 0 Å². The molecule has 0 saturated heterocycles. The zero-order valence-electron chi connectivity index (χ0n) is 26.0. The molecule has 8 nitrogen and oxygen atoms in total. The molecule has 0 unspecified atom stereocenters. The number of carboxylic acid groups (broad SMARTS) is 1. The van der Waals surface area contributed by atoms with Crippen LogP contribution in [0.5, 0.6) is 5.75 Å². The van der Waals surface area contributed by atoms with Crippen molar-refractivity contribution in [2.45, 2.75) is 140 Å². The van der Waals surface area contributed by atoms with Crippen molar-refractivity contribution in [2.24, 2.45) is 11.8 Å². The smallest absolute Gasteiger partial charge is 0.309 e. The van der Waals surface area contributed by atoms with Crippen LogP contribution in [0.2, 0.25) is 0 Å². The number of rotatable bonds is 21. The fraction of sp³-hybridized carbons (Fsp3) is 0.686. The van der Waals surface area contributed by atoms with Crippen LogP contribution >= 0.6 is 0 Å². The molecule has 242 valence electrons. The monoisotopic (exact) mass is 601 g/mol. The minimum absolute atomic E-state index is 0.149. The second-order valence-electron chi connectivity index (χ2n) is 12.8. The Morgan fingerprint density at radius 1 is 0.930 bits per heavy atom. The van der Waals surface area contributed by atoms with Gasteiger partial charge >= 0.3 is 5.97 Å². The van der Waals surface area contributed by atoms with Crippen molar-refractivity contribution in [3.05, 3.63) is 42.1 Å². The van der Waals surface area contributed by atoms with Gasteiger partial charge in [-0.15, -0.1) is 0 Å². The van der Waals surface area contributed by atoms with Gasteiger partial charge in [-0.1, -0.05) is 83.3 Å². The van der Waals surface area contributed by atoms with Crippen molar-refractivity contribution >= 4 is 5.97 Å². The number of aliphatic hydroxyl groups excluding tert-OH is 3. The molecule has 0 aliphatic heterocycles. The predicted octanol–water partition coefficient (Wildman–Crippen LogP) is 6.86. The van der Waals surface area contributed by atoms with E-state index >= 15 is 0 Å². The Kier molecular flexibility index (Phi) is 14.5. The second kappa shape index (κ2) is 17.8. The van der Waals surface area contributed by atoms with Gasteiger partial charge in [0.25, 0.3) is 0 Å². The predicted molar refractivity (Wildman–Crippen MR) is 169 cm³/mol. The Morgan fingerprint density at radius 2 is 1.60 bits per heavy atom. The summed E-state index contributed by atoms with van der Waals surface area (Å²) in [7, 11) is 0. The first kappa shape index (κ1) is 35.1. The van der Waals surface area contributed by atoms with Crippen LogP contribution in [-0.2, 0) is 4.79 Å². The van der Waals surface area contributed by atoms with Crippen molar-refractivity contribution in [1.29, 1.82) is 0 Å². The van der Waals surface area contributed by atoms with Gasteiger partial charge in [-0.3, -0.25) is 4.79 Å². The van der Waals surface area contributed by atoms with E-state index < -0.39 is 35.6 Å². The maximum absolute atomic E-state index is 12.0. The van der Waals surface area contributed by atoms with Gasteiger partial charge in [-0.05, 0) is 69.2 Å². The van der Waals surface area contributed by atoms with Crippen LogP contribution in [0.4, 0.5) is 0 Å². The Balaban J connectivity index is 1.42. The fourth-order valence-electron chi connectivity index (χ4n) is 6.79. The van der Waals surface area contributed by atoms with E-state index in [9.17, 15) is 35.4 Å². The molecule has 6 atom stereocenters. The first-order valence-corrected chi connectivity index (χ1v) is 16.6. The summed E-state index contributed by atoms with van der Waals surface area (Å²) in [6.07, 6.45) is 11.3. The van der Waals surface area contributed by atoms with E-state index in [0.717, 1.165) is 56.2 Å². The number of H-pyrrole nitrogens is 1. The lowest BCUT2D eigenvalue weighted by atomic mass is 9.80. The molecule has 1 saturated carbocycles. The molecule has 2 aromatic rings. The highest BCUT2D eigenvalue weighted by Crippen LogP contribution is 2.46. The Bertz CT molecular complexity index is 1090. The Morgan fingerprint density at radius 3 is 2.26 bits per heavy atom. The van der Waals surface area contributed by atoms with Crippen LogP contribution in [-0.4, -0.2) is 59.4 Å². The van der Waals surface area contributed by atoms with E-state index in [1.165, 1.54) is 25.7 Å². The number of unbranched alkanes of at least 4 members (excludes halogenated alkanes) is 7. The van der Waals surface area contributed by atoms with Crippen LogP contribution in [0, 0.1) is 11.8 Å². The van der Waals surface area contributed by atoms with Crippen LogP contribution in [0.15, 0.2) is 36.4 Å². The first-order valence-electron chi connectivity index (χ1n) is 16.6. The first-order chi connectivity index (χ1) is 20.6. The van der Waals surface area contributed by atoms with Crippen molar-refractivity contribution in [2.75, 3.05) is 0 Å². The van der Waals surface area contributed by atoms with Gasteiger partial charge in [0.1, 0.15) is 5.75 Å². The number of nitrogens with one attached hydrogen (secondary N) is 1. The SMILES string of the molecule is CCCCCCC[C@H](O)CCCCCC[C@H](C(=O)O)[C@H](O)CC[C@@]1(O)CCC[C@H]1[C@H](O)c1ccc(-c2cccc(O)c2)[nH]1. The minimum atomic E-state index is -1.20. The van der Waals surface area contributed by atoms with Gasteiger partial charge in [0.2, 0.25) is 0 Å². The Labute approximate surface area is 257 Å². The second-order valence-corrected chi connectivity index (χ2v) is 12.8. The largest absolute Gasteiger partial charge is 0.508 e. The lowest BCUT2D eigenvalue weighted by molar-refractivity contribution is -0.147. The van der Waals surface area contributed by atoms with Crippen LogP contribution < -0.4 is 0 Å². The quantitative estimate of drug-likeness (QED) is 0.0772. The molecule has 0 spiro atoms. The van der Waals surface area contributed by atoms with E-state index in [0.29, 0.717) is 31.4 Å². The fourth-order valence-corrected chi connectivity index (χ4v) is 6.79. The van der Waals surface area contributed by atoms with Crippen molar-refractivity contribution in [1.82, 2.24) is 4.98 Å². The van der Waals surface area contributed by atoms with Crippen molar-refractivity contribution < 1.29 is 35.4 Å². The summed E-state index contributed by atoms with van der Waals surface area (Å²) < 4.78 is 0. The molecule has 43 heavy (non-hydrogen) atoms. The number of carboxylic acids is 1. The molecule has 0 radical (unpaired) electrons. The summed E-state index contributed by atoms with van der Waals surface area (Å²) in [4.78, 5) is 15.2. The van der Waals surface area contributed by atoms with Gasteiger partial charge in [-0.2, -0.15) is 0 Å². The van der Waals surface area contributed by atoms with Gasteiger partial charge in [0.15, 0.2) is 0 Å². The van der Waals surface area contributed by atoms with Gasteiger partial charge in [0.05, 0.1) is 29.8 Å². The van der Waals surface area contributed by atoms with Gasteiger partial charge in [0, 0.05) is 22.9 Å². The highest BCUT2D eigenvalue weighted by atomic mass is 16.4. The molecule has 0 amide bonds. The number of aromatic hydroxyl groups is 1. The van der Waals surface area contributed by atoms with E-state index in [-0.39, 0.29) is 24.7 Å². The maximum atomic E-state index is 12.0. The van der Waals surface area contributed by atoms with E-state index in [2.05, 4.69) is 11.9 Å². The lowest BCUT2D eigenvalue weighted by Crippen LogP contribution is -2.39. The molecule has 3 rings (SSSR count). The number of benzene rings is 1. The third-order valence-corrected chi connectivity index (χ3v) is 9.48. The number of aliphatic hydroxyl groups is 4. The summed E-state index contributed by atoms with van der Waals surface area (Å²) in [5, 5.41) is 63.4. The number of hydrogen-bond donors (Lipinski definition) is 7. The molecule has 7 N–H and O–H groups in total. The molecule has 8 heteroatoms. The molecule has 0 bridgehead atoms.